The molecule has 0 saturated heterocycles. The van der Waals surface area contributed by atoms with Crippen LogP contribution in [0.1, 0.15) is 39.3 Å². The standard InChI is InChI=1S/C14H28N4/c1-4-11-18-14(8-10-16-18)13-15-9-7-12-17(5-2)6-3/h8,10,15H,4-7,9,11-13H2,1-3H3. The van der Waals surface area contributed by atoms with E-state index in [4.69, 9.17) is 0 Å². The van der Waals surface area contributed by atoms with Crippen molar-refractivity contribution in [3.63, 3.8) is 0 Å². The molecule has 0 aromatic carbocycles. The lowest BCUT2D eigenvalue weighted by atomic mass is 10.3. The minimum Gasteiger partial charge on any atom is -0.311 e. The van der Waals surface area contributed by atoms with Crippen LogP contribution in [0.2, 0.25) is 0 Å². The van der Waals surface area contributed by atoms with Gasteiger partial charge in [-0.25, -0.2) is 0 Å². The molecule has 1 N–H and O–H groups in total. The van der Waals surface area contributed by atoms with Crippen molar-refractivity contribution in [3.05, 3.63) is 18.0 Å². The molecule has 104 valence electrons. The third-order valence-electron chi connectivity index (χ3n) is 3.27. The van der Waals surface area contributed by atoms with Gasteiger partial charge in [0, 0.05) is 19.3 Å². The second kappa shape index (κ2) is 9.11. The van der Waals surface area contributed by atoms with E-state index in [9.17, 15) is 0 Å². The summed E-state index contributed by atoms with van der Waals surface area (Å²) in [6.07, 6.45) is 4.24. The van der Waals surface area contributed by atoms with E-state index in [1.807, 2.05) is 6.20 Å². The van der Waals surface area contributed by atoms with Gasteiger partial charge in [-0.2, -0.15) is 5.10 Å². The minimum absolute atomic E-state index is 0.929. The van der Waals surface area contributed by atoms with Gasteiger partial charge >= 0.3 is 0 Å². The van der Waals surface area contributed by atoms with Crippen molar-refractivity contribution in [2.45, 2.75) is 46.7 Å². The number of nitrogens with zero attached hydrogens (tertiary/aromatic N) is 3. The number of nitrogens with one attached hydrogen (secondary N) is 1. The maximum absolute atomic E-state index is 4.33. The van der Waals surface area contributed by atoms with Crippen molar-refractivity contribution in [2.75, 3.05) is 26.2 Å². The Balaban J connectivity index is 2.15. The first-order valence-electron chi connectivity index (χ1n) is 7.25. The fourth-order valence-electron chi connectivity index (χ4n) is 2.11. The monoisotopic (exact) mass is 252 g/mol. The minimum atomic E-state index is 0.929. The summed E-state index contributed by atoms with van der Waals surface area (Å²) >= 11 is 0. The van der Waals surface area contributed by atoms with Gasteiger partial charge in [0.05, 0.1) is 5.69 Å². The molecule has 4 nitrogen and oxygen atoms in total. The highest BCUT2D eigenvalue weighted by atomic mass is 15.3. The lowest BCUT2D eigenvalue weighted by Gasteiger charge is -2.17. The van der Waals surface area contributed by atoms with E-state index in [2.05, 4.69) is 46.8 Å². The zero-order chi connectivity index (χ0) is 13.2. The predicted octanol–water partition coefficient (Wildman–Crippen LogP) is 2.11. The van der Waals surface area contributed by atoms with Crippen LogP contribution in [0.4, 0.5) is 0 Å². The van der Waals surface area contributed by atoms with Crippen molar-refractivity contribution in [1.82, 2.24) is 20.0 Å². The molecule has 0 aliphatic rings. The molecule has 0 atom stereocenters. The Bertz CT molecular complexity index is 304. The van der Waals surface area contributed by atoms with Crippen LogP contribution < -0.4 is 5.32 Å². The van der Waals surface area contributed by atoms with Crippen LogP contribution in [0.25, 0.3) is 0 Å². The fraction of sp³-hybridized carbons (Fsp3) is 0.786. The fourth-order valence-corrected chi connectivity index (χ4v) is 2.11. The molecule has 4 heteroatoms. The van der Waals surface area contributed by atoms with Crippen molar-refractivity contribution < 1.29 is 0 Å². The maximum atomic E-state index is 4.33. The molecular weight excluding hydrogens is 224 g/mol. The Morgan fingerprint density at radius 2 is 2.06 bits per heavy atom. The van der Waals surface area contributed by atoms with Crippen LogP contribution in [0.3, 0.4) is 0 Å². The van der Waals surface area contributed by atoms with Crippen LogP contribution >= 0.6 is 0 Å². The molecule has 1 rings (SSSR count). The van der Waals surface area contributed by atoms with E-state index in [0.717, 1.165) is 39.1 Å². The molecule has 0 fully saturated rings. The lowest BCUT2D eigenvalue weighted by Crippen LogP contribution is -2.27. The van der Waals surface area contributed by atoms with Gasteiger partial charge < -0.3 is 10.2 Å². The Morgan fingerprint density at radius 1 is 1.28 bits per heavy atom. The van der Waals surface area contributed by atoms with Crippen molar-refractivity contribution >= 4 is 0 Å². The number of aryl methyl sites for hydroxylation is 1. The number of aromatic nitrogens is 2. The summed E-state index contributed by atoms with van der Waals surface area (Å²) in [7, 11) is 0. The molecule has 1 aromatic rings. The molecule has 0 aliphatic heterocycles. The SMILES string of the molecule is CCCn1nccc1CNCCCN(CC)CC. The van der Waals surface area contributed by atoms with E-state index in [-0.39, 0.29) is 0 Å². The summed E-state index contributed by atoms with van der Waals surface area (Å²) in [4.78, 5) is 2.46. The molecule has 1 aromatic heterocycles. The molecule has 0 radical (unpaired) electrons. The number of rotatable bonds is 10. The van der Waals surface area contributed by atoms with Crippen molar-refractivity contribution in [3.8, 4) is 0 Å². The number of hydrogen-bond donors (Lipinski definition) is 1. The van der Waals surface area contributed by atoms with Crippen LogP contribution in [0, 0.1) is 0 Å². The smallest absolute Gasteiger partial charge is 0.0522 e. The maximum Gasteiger partial charge on any atom is 0.0522 e. The highest BCUT2D eigenvalue weighted by Gasteiger charge is 2.01. The molecule has 0 unspecified atom stereocenters. The average Bonchev–Trinajstić information content (AvgIpc) is 2.82. The first-order chi connectivity index (χ1) is 8.81. The Morgan fingerprint density at radius 3 is 2.72 bits per heavy atom. The van der Waals surface area contributed by atoms with Crippen molar-refractivity contribution in [1.29, 1.82) is 0 Å². The van der Waals surface area contributed by atoms with Crippen LogP contribution in [-0.2, 0) is 13.1 Å². The predicted molar refractivity (Wildman–Crippen MR) is 76.6 cm³/mol. The third kappa shape index (κ3) is 5.19. The largest absolute Gasteiger partial charge is 0.311 e. The topological polar surface area (TPSA) is 33.1 Å². The van der Waals surface area contributed by atoms with E-state index in [1.165, 1.54) is 18.7 Å². The summed E-state index contributed by atoms with van der Waals surface area (Å²) in [6, 6.07) is 2.10. The Kier molecular flexibility index (Phi) is 7.69. The van der Waals surface area contributed by atoms with Gasteiger partial charge in [0.15, 0.2) is 0 Å². The molecule has 0 spiro atoms. The molecule has 0 aliphatic carbocycles. The molecule has 0 bridgehead atoms. The Hall–Kier alpha value is -0.870. The zero-order valence-corrected chi connectivity index (χ0v) is 12.2. The quantitative estimate of drug-likeness (QED) is 0.648. The summed E-state index contributed by atoms with van der Waals surface area (Å²) < 4.78 is 2.09. The third-order valence-corrected chi connectivity index (χ3v) is 3.27. The highest BCUT2D eigenvalue weighted by Crippen LogP contribution is 2.00. The van der Waals surface area contributed by atoms with Gasteiger partial charge in [-0.05, 0) is 45.1 Å². The van der Waals surface area contributed by atoms with E-state index < -0.39 is 0 Å². The van der Waals surface area contributed by atoms with Gasteiger partial charge in [-0.1, -0.05) is 20.8 Å². The summed E-state index contributed by atoms with van der Waals surface area (Å²) in [5, 5.41) is 7.83. The first kappa shape index (κ1) is 15.2. The summed E-state index contributed by atoms with van der Waals surface area (Å²) in [5.41, 5.74) is 1.29. The summed E-state index contributed by atoms with van der Waals surface area (Å²) in [5.74, 6) is 0. The van der Waals surface area contributed by atoms with Crippen LogP contribution in [-0.4, -0.2) is 40.9 Å². The molecule has 0 amide bonds. The van der Waals surface area contributed by atoms with E-state index in [1.54, 1.807) is 0 Å². The van der Waals surface area contributed by atoms with Gasteiger partial charge in [0.2, 0.25) is 0 Å². The second-order valence-electron chi connectivity index (χ2n) is 4.60. The lowest BCUT2D eigenvalue weighted by molar-refractivity contribution is 0.297. The average molecular weight is 252 g/mol. The van der Waals surface area contributed by atoms with Gasteiger partial charge in [0.25, 0.3) is 0 Å². The van der Waals surface area contributed by atoms with Gasteiger partial charge in [-0.3, -0.25) is 4.68 Å². The molecule has 1 heterocycles. The molecule has 0 saturated carbocycles. The van der Waals surface area contributed by atoms with E-state index >= 15 is 0 Å². The molecular formula is C14H28N4. The zero-order valence-electron chi connectivity index (χ0n) is 12.2. The van der Waals surface area contributed by atoms with Gasteiger partial charge in [-0.15, -0.1) is 0 Å². The normalized spacial score (nSPS) is 11.3. The molecule has 18 heavy (non-hydrogen) atoms. The van der Waals surface area contributed by atoms with Crippen LogP contribution in [0.15, 0.2) is 12.3 Å². The number of hydrogen-bond acceptors (Lipinski definition) is 3. The van der Waals surface area contributed by atoms with Crippen LogP contribution in [0.5, 0.6) is 0 Å². The summed E-state index contributed by atoms with van der Waals surface area (Å²) in [6.45, 7) is 13.1. The van der Waals surface area contributed by atoms with Crippen molar-refractivity contribution in [2.24, 2.45) is 0 Å². The Labute approximate surface area is 111 Å². The highest BCUT2D eigenvalue weighted by molar-refractivity contribution is 4.99. The second-order valence-corrected chi connectivity index (χ2v) is 4.60. The first-order valence-corrected chi connectivity index (χ1v) is 7.25. The van der Waals surface area contributed by atoms with Gasteiger partial charge in [0.1, 0.15) is 0 Å². The van der Waals surface area contributed by atoms with E-state index in [0.29, 0.717) is 0 Å².